The average Bonchev–Trinajstić information content (AvgIpc) is 2.58. The third-order valence-corrected chi connectivity index (χ3v) is 4.73. The van der Waals surface area contributed by atoms with Gasteiger partial charge < -0.3 is 4.74 Å². The fourth-order valence-electron chi connectivity index (χ4n) is 3.05. The predicted molar refractivity (Wildman–Crippen MR) is 54.4 cm³/mol. The van der Waals surface area contributed by atoms with Crippen LogP contribution in [0.2, 0.25) is 0 Å². The van der Waals surface area contributed by atoms with Gasteiger partial charge in [0, 0.05) is 11.8 Å². The van der Waals surface area contributed by atoms with Gasteiger partial charge in [-0.25, -0.2) is 0 Å². The third-order valence-electron chi connectivity index (χ3n) is 3.72. The first-order chi connectivity index (χ1) is 6.71. The maximum atomic E-state index is 6.21. The van der Waals surface area contributed by atoms with E-state index in [-0.39, 0.29) is 12.2 Å². The number of hydrogen-bond acceptors (Lipinski definition) is 1. The molecule has 0 radical (unpaired) electrons. The van der Waals surface area contributed by atoms with Crippen molar-refractivity contribution in [3.63, 3.8) is 0 Å². The Morgan fingerprint density at radius 1 is 1.00 bits per heavy atom. The molecule has 4 atom stereocenters. The number of ether oxygens (including phenoxy) is 1. The Labute approximate surface area is 92.0 Å². The summed E-state index contributed by atoms with van der Waals surface area (Å²) in [6.07, 6.45) is 0.299. The lowest BCUT2D eigenvalue weighted by molar-refractivity contribution is 0.0373. The fraction of sp³-hybridized carbons (Fsp3) is 0.455. The van der Waals surface area contributed by atoms with E-state index in [1.165, 1.54) is 11.1 Å². The summed E-state index contributed by atoms with van der Waals surface area (Å²) >= 11 is 12.4. The molecule has 2 heterocycles. The Kier molecular flexibility index (Phi) is 1.22. The van der Waals surface area contributed by atoms with Crippen molar-refractivity contribution in [3.8, 4) is 0 Å². The van der Waals surface area contributed by atoms with Gasteiger partial charge in [0.15, 0.2) is 0 Å². The summed E-state index contributed by atoms with van der Waals surface area (Å²) < 4.78 is 5.34. The zero-order valence-electron chi connectivity index (χ0n) is 7.28. The van der Waals surface area contributed by atoms with E-state index in [2.05, 4.69) is 12.1 Å². The molecule has 4 rings (SSSR count). The van der Waals surface area contributed by atoms with Crippen LogP contribution >= 0.6 is 23.2 Å². The van der Waals surface area contributed by atoms with Gasteiger partial charge in [-0.2, -0.15) is 0 Å². The summed E-state index contributed by atoms with van der Waals surface area (Å²) in [6, 6.07) is 8.34. The highest BCUT2D eigenvalue weighted by atomic mass is 35.5. The second-order valence-electron chi connectivity index (χ2n) is 4.33. The Balaban J connectivity index is 1.91. The first kappa shape index (κ1) is 7.98. The van der Waals surface area contributed by atoms with Crippen LogP contribution < -0.4 is 0 Å². The summed E-state index contributed by atoms with van der Waals surface area (Å²) in [4.78, 5) is 0. The summed E-state index contributed by atoms with van der Waals surface area (Å²) in [5, 5.41) is 0. The summed E-state index contributed by atoms with van der Waals surface area (Å²) in [5.41, 5.74) is 2.59. The smallest absolute Gasteiger partial charge is 0.130 e. The summed E-state index contributed by atoms with van der Waals surface area (Å²) in [7, 11) is 0. The highest BCUT2D eigenvalue weighted by molar-refractivity contribution is 6.51. The first-order valence-corrected chi connectivity index (χ1v) is 5.59. The predicted octanol–water partition coefficient (Wildman–Crippen LogP) is 3.23. The van der Waals surface area contributed by atoms with Gasteiger partial charge in [0.2, 0.25) is 0 Å². The molecule has 1 aromatic carbocycles. The topological polar surface area (TPSA) is 9.23 Å². The van der Waals surface area contributed by atoms with E-state index in [1.54, 1.807) is 0 Å². The first-order valence-electron chi connectivity index (χ1n) is 4.83. The van der Waals surface area contributed by atoms with Crippen molar-refractivity contribution >= 4 is 23.2 Å². The van der Waals surface area contributed by atoms with Crippen molar-refractivity contribution in [2.24, 2.45) is 11.8 Å². The van der Waals surface area contributed by atoms with Crippen molar-refractivity contribution in [1.29, 1.82) is 0 Å². The van der Waals surface area contributed by atoms with Gasteiger partial charge >= 0.3 is 0 Å². The van der Waals surface area contributed by atoms with E-state index in [9.17, 15) is 0 Å². The van der Waals surface area contributed by atoms with Gasteiger partial charge in [-0.1, -0.05) is 24.3 Å². The van der Waals surface area contributed by atoms with Crippen LogP contribution in [0.15, 0.2) is 24.3 Å². The number of hydrogen-bond donors (Lipinski definition) is 0. The lowest BCUT2D eigenvalue weighted by atomic mass is 9.92. The fourth-order valence-corrected chi connectivity index (χ4v) is 3.92. The van der Waals surface area contributed by atoms with Crippen LogP contribution in [-0.4, -0.2) is 4.33 Å². The largest absolute Gasteiger partial charge is 0.365 e. The molecule has 1 aliphatic carbocycles. The minimum atomic E-state index is -0.535. The Hall–Kier alpha value is -0.240. The van der Waals surface area contributed by atoms with E-state index < -0.39 is 4.33 Å². The molecule has 1 aromatic rings. The molecule has 0 aromatic heterocycles. The molecular formula is C11H8Cl2O. The maximum absolute atomic E-state index is 6.21. The van der Waals surface area contributed by atoms with Gasteiger partial charge in [0.1, 0.15) is 4.33 Å². The van der Waals surface area contributed by atoms with Crippen LogP contribution in [0, 0.1) is 11.8 Å². The SMILES string of the molecule is ClC1(Cl)[C@@H]2[C@@H]1[C@H]1O[C@H]2c2ccccc21. The lowest BCUT2D eigenvalue weighted by Gasteiger charge is -2.11. The van der Waals surface area contributed by atoms with Gasteiger partial charge in [-0.15, -0.1) is 23.2 Å². The van der Waals surface area contributed by atoms with E-state index in [1.807, 2.05) is 12.1 Å². The highest BCUT2D eigenvalue weighted by Gasteiger charge is 2.77. The van der Waals surface area contributed by atoms with E-state index in [4.69, 9.17) is 27.9 Å². The Morgan fingerprint density at radius 2 is 1.50 bits per heavy atom. The number of benzene rings is 1. The van der Waals surface area contributed by atoms with Crippen molar-refractivity contribution < 1.29 is 4.74 Å². The number of alkyl halides is 2. The Morgan fingerprint density at radius 3 is 2.00 bits per heavy atom. The van der Waals surface area contributed by atoms with Crippen LogP contribution in [0.1, 0.15) is 23.3 Å². The molecule has 0 unspecified atom stereocenters. The molecule has 2 fully saturated rings. The summed E-state index contributed by atoms with van der Waals surface area (Å²) in [6.45, 7) is 0. The van der Waals surface area contributed by atoms with Crippen LogP contribution in [0.25, 0.3) is 0 Å². The lowest BCUT2D eigenvalue weighted by Crippen LogP contribution is -2.05. The standard InChI is InChI=1S/C11H8Cl2O/c12-11(13)7-8(11)10-6-4-2-1-3-5(6)9(7)14-10/h1-4,7-10H/t7-,8-,9+,10+/m1/s1. The molecule has 3 aliphatic rings. The van der Waals surface area contributed by atoms with E-state index >= 15 is 0 Å². The van der Waals surface area contributed by atoms with Crippen LogP contribution in [0.5, 0.6) is 0 Å². The average molecular weight is 227 g/mol. The molecule has 1 saturated carbocycles. The van der Waals surface area contributed by atoms with Crippen molar-refractivity contribution in [1.82, 2.24) is 0 Å². The highest BCUT2D eigenvalue weighted by Crippen LogP contribution is 2.78. The molecule has 1 nitrogen and oxygen atoms in total. The molecule has 2 aliphatic heterocycles. The normalized spacial score (nSPS) is 44.7. The van der Waals surface area contributed by atoms with Gasteiger partial charge in [-0.3, -0.25) is 0 Å². The quantitative estimate of drug-likeness (QED) is 0.618. The van der Waals surface area contributed by atoms with Gasteiger partial charge in [-0.05, 0) is 11.1 Å². The summed E-state index contributed by atoms with van der Waals surface area (Å²) in [5.74, 6) is 0.650. The van der Waals surface area contributed by atoms with E-state index in [0.29, 0.717) is 11.8 Å². The van der Waals surface area contributed by atoms with Crippen molar-refractivity contribution in [2.75, 3.05) is 0 Å². The zero-order chi connectivity index (χ0) is 9.50. The minimum absolute atomic E-state index is 0.149. The number of halogens is 2. The minimum Gasteiger partial charge on any atom is -0.365 e. The molecule has 0 N–H and O–H groups in total. The van der Waals surface area contributed by atoms with Crippen LogP contribution in [0.3, 0.4) is 0 Å². The Bertz CT molecular complexity index is 392. The third kappa shape index (κ3) is 0.680. The molecular weight excluding hydrogens is 219 g/mol. The second-order valence-corrected chi connectivity index (χ2v) is 5.78. The van der Waals surface area contributed by atoms with Crippen molar-refractivity contribution in [2.45, 2.75) is 16.5 Å². The molecule has 14 heavy (non-hydrogen) atoms. The molecule has 2 bridgehead atoms. The van der Waals surface area contributed by atoms with E-state index in [0.717, 1.165) is 0 Å². The monoisotopic (exact) mass is 226 g/mol. The van der Waals surface area contributed by atoms with Crippen molar-refractivity contribution in [3.05, 3.63) is 35.4 Å². The second kappa shape index (κ2) is 2.13. The van der Waals surface area contributed by atoms with Crippen LogP contribution in [0.4, 0.5) is 0 Å². The molecule has 0 amide bonds. The number of fused-ring (bicyclic) bond motifs is 8. The maximum Gasteiger partial charge on any atom is 0.130 e. The van der Waals surface area contributed by atoms with Gasteiger partial charge in [0.05, 0.1) is 12.2 Å². The zero-order valence-corrected chi connectivity index (χ0v) is 8.79. The number of rotatable bonds is 0. The van der Waals surface area contributed by atoms with Crippen LogP contribution in [-0.2, 0) is 4.74 Å². The van der Waals surface area contributed by atoms with Gasteiger partial charge in [0.25, 0.3) is 0 Å². The molecule has 3 heteroatoms. The molecule has 1 saturated heterocycles. The molecule has 72 valence electrons. The molecule has 0 spiro atoms.